The minimum atomic E-state index is -1.12. The van der Waals surface area contributed by atoms with Crippen molar-refractivity contribution in [3.8, 4) is 11.5 Å². The van der Waals surface area contributed by atoms with Gasteiger partial charge in [0.2, 0.25) is 5.76 Å². The van der Waals surface area contributed by atoms with Gasteiger partial charge in [0.15, 0.2) is 6.10 Å². The number of hydrogen-bond acceptors (Lipinski definition) is 4. The van der Waals surface area contributed by atoms with Crippen LogP contribution in [0.25, 0.3) is 0 Å². The van der Waals surface area contributed by atoms with E-state index >= 15 is 0 Å². The van der Waals surface area contributed by atoms with E-state index in [1.54, 1.807) is 38.3 Å². The number of carboxylic acids is 1. The van der Waals surface area contributed by atoms with E-state index in [4.69, 9.17) is 30.6 Å². The van der Waals surface area contributed by atoms with Gasteiger partial charge in [-0.05, 0) is 31.2 Å². The summed E-state index contributed by atoms with van der Waals surface area (Å²) in [6, 6.07) is 7.98. The molecule has 0 aliphatic heterocycles. The zero-order valence-electron chi connectivity index (χ0n) is 10.9. The highest BCUT2D eigenvalue weighted by atomic mass is 35.5. The first-order valence-electron chi connectivity index (χ1n) is 5.84. The molecule has 20 heavy (non-hydrogen) atoms. The van der Waals surface area contributed by atoms with E-state index in [0.29, 0.717) is 22.3 Å². The fourth-order valence-corrected chi connectivity index (χ4v) is 1.85. The largest absolute Gasteiger partial charge is 0.497 e. The highest BCUT2D eigenvalue weighted by Crippen LogP contribution is 2.32. The van der Waals surface area contributed by atoms with Crippen LogP contribution in [-0.2, 0) is 0 Å². The molecule has 0 spiro atoms. The van der Waals surface area contributed by atoms with Crippen LogP contribution in [0.1, 0.15) is 29.3 Å². The molecule has 1 N–H and O–H groups in total. The molecule has 0 aliphatic carbocycles. The molecule has 0 amide bonds. The molecule has 6 heteroatoms. The average molecular weight is 297 g/mol. The summed E-state index contributed by atoms with van der Waals surface area (Å²) in [5.41, 5.74) is 0. The number of benzene rings is 1. The topological polar surface area (TPSA) is 68.9 Å². The first kappa shape index (κ1) is 14.3. The highest BCUT2D eigenvalue weighted by Gasteiger charge is 2.16. The van der Waals surface area contributed by atoms with Crippen molar-refractivity contribution in [1.29, 1.82) is 0 Å². The summed E-state index contributed by atoms with van der Waals surface area (Å²) in [7, 11) is 1.55. The molecule has 2 rings (SSSR count). The first-order chi connectivity index (χ1) is 9.51. The van der Waals surface area contributed by atoms with Crippen molar-refractivity contribution in [3.05, 3.63) is 46.9 Å². The van der Waals surface area contributed by atoms with Gasteiger partial charge >= 0.3 is 5.97 Å². The maximum absolute atomic E-state index is 10.8. The zero-order chi connectivity index (χ0) is 14.7. The van der Waals surface area contributed by atoms with Gasteiger partial charge in [0, 0.05) is 6.07 Å². The first-order valence-corrected chi connectivity index (χ1v) is 6.22. The van der Waals surface area contributed by atoms with Gasteiger partial charge in [-0.3, -0.25) is 0 Å². The fraction of sp³-hybridized carbons (Fsp3) is 0.214. The minimum Gasteiger partial charge on any atom is -0.497 e. The molecule has 0 saturated carbocycles. The Bertz CT molecular complexity index is 620. The number of methoxy groups -OCH3 is 1. The van der Waals surface area contributed by atoms with Crippen LogP contribution >= 0.6 is 11.6 Å². The number of rotatable bonds is 5. The molecular formula is C14H13ClO5. The molecule has 106 valence electrons. The third-order valence-electron chi connectivity index (χ3n) is 2.68. The van der Waals surface area contributed by atoms with E-state index in [2.05, 4.69) is 0 Å². The Morgan fingerprint density at radius 2 is 2.10 bits per heavy atom. The molecule has 1 heterocycles. The number of ether oxygens (including phenoxy) is 2. The zero-order valence-corrected chi connectivity index (χ0v) is 11.7. The monoisotopic (exact) mass is 296 g/mol. The van der Waals surface area contributed by atoms with Crippen molar-refractivity contribution < 1.29 is 23.8 Å². The van der Waals surface area contributed by atoms with E-state index in [-0.39, 0.29) is 5.76 Å². The maximum atomic E-state index is 10.8. The summed E-state index contributed by atoms with van der Waals surface area (Å²) in [5, 5.41) is 9.21. The van der Waals surface area contributed by atoms with Gasteiger partial charge in [-0.25, -0.2) is 4.79 Å². The summed E-state index contributed by atoms with van der Waals surface area (Å²) < 4.78 is 15.9. The van der Waals surface area contributed by atoms with Crippen molar-refractivity contribution >= 4 is 17.6 Å². The molecule has 1 unspecified atom stereocenters. The van der Waals surface area contributed by atoms with E-state index in [9.17, 15) is 4.79 Å². The lowest BCUT2D eigenvalue weighted by Gasteiger charge is -2.14. The van der Waals surface area contributed by atoms with Gasteiger partial charge in [0.1, 0.15) is 17.3 Å². The predicted molar refractivity (Wildman–Crippen MR) is 72.7 cm³/mol. The van der Waals surface area contributed by atoms with E-state index < -0.39 is 12.1 Å². The standard InChI is InChI=1S/C14H13ClO5/c1-8(11-5-6-13(20-11)14(16)17)19-12-4-3-9(18-2)7-10(12)15/h3-8H,1-2H3,(H,16,17). The fourth-order valence-electron chi connectivity index (χ4n) is 1.64. The normalized spacial score (nSPS) is 11.9. The predicted octanol–water partition coefficient (Wildman–Crippen LogP) is 3.78. The molecule has 1 atom stereocenters. The minimum absolute atomic E-state index is 0.128. The van der Waals surface area contributed by atoms with Crippen LogP contribution in [0.15, 0.2) is 34.7 Å². The van der Waals surface area contributed by atoms with Crippen molar-refractivity contribution in [3.63, 3.8) is 0 Å². The van der Waals surface area contributed by atoms with Gasteiger partial charge in [0.05, 0.1) is 12.1 Å². The Hall–Kier alpha value is -2.14. The Morgan fingerprint density at radius 3 is 2.65 bits per heavy atom. The number of hydrogen-bond donors (Lipinski definition) is 1. The summed E-state index contributed by atoms with van der Waals surface area (Å²) >= 11 is 6.07. The number of furan rings is 1. The van der Waals surface area contributed by atoms with Crippen molar-refractivity contribution in [2.45, 2.75) is 13.0 Å². The van der Waals surface area contributed by atoms with Crippen LogP contribution < -0.4 is 9.47 Å². The Labute approximate surface area is 120 Å². The second-order valence-corrected chi connectivity index (χ2v) is 4.47. The lowest BCUT2D eigenvalue weighted by atomic mass is 10.3. The molecular weight excluding hydrogens is 284 g/mol. The van der Waals surface area contributed by atoms with Gasteiger partial charge in [-0.1, -0.05) is 11.6 Å². The average Bonchev–Trinajstić information content (AvgIpc) is 2.91. The van der Waals surface area contributed by atoms with Crippen molar-refractivity contribution in [2.24, 2.45) is 0 Å². The maximum Gasteiger partial charge on any atom is 0.371 e. The van der Waals surface area contributed by atoms with Crippen LogP contribution in [0.2, 0.25) is 5.02 Å². The summed E-state index contributed by atoms with van der Waals surface area (Å²) in [6.45, 7) is 1.74. The molecule has 0 radical (unpaired) electrons. The number of carboxylic acid groups (broad SMARTS) is 1. The number of aromatic carboxylic acids is 1. The molecule has 0 fully saturated rings. The lowest BCUT2D eigenvalue weighted by molar-refractivity contribution is 0.0655. The van der Waals surface area contributed by atoms with Crippen LogP contribution in [0.3, 0.4) is 0 Å². The lowest BCUT2D eigenvalue weighted by Crippen LogP contribution is -2.02. The van der Waals surface area contributed by atoms with Gasteiger partial charge in [-0.15, -0.1) is 0 Å². The summed E-state index contributed by atoms with van der Waals surface area (Å²) in [5.74, 6) is 0.255. The Kier molecular flexibility index (Phi) is 4.20. The van der Waals surface area contributed by atoms with Gasteiger partial charge < -0.3 is 19.0 Å². The van der Waals surface area contributed by atoms with Gasteiger partial charge in [0.25, 0.3) is 0 Å². The van der Waals surface area contributed by atoms with Crippen molar-refractivity contribution in [1.82, 2.24) is 0 Å². The third kappa shape index (κ3) is 3.05. The number of halogens is 1. The second kappa shape index (κ2) is 5.88. The molecule has 0 aliphatic rings. The van der Waals surface area contributed by atoms with Crippen LogP contribution in [0.5, 0.6) is 11.5 Å². The van der Waals surface area contributed by atoms with E-state index in [0.717, 1.165) is 0 Å². The molecule has 1 aromatic carbocycles. The van der Waals surface area contributed by atoms with E-state index in [1.807, 2.05) is 0 Å². The molecule has 2 aromatic rings. The SMILES string of the molecule is COc1ccc(OC(C)c2ccc(C(=O)O)o2)c(Cl)c1. The third-order valence-corrected chi connectivity index (χ3v) is 2.98. The van der Waals surface area contributed by atoms with E-state index in [1.165, 1.54) is 6.07 Å². The number of carbonyl (C=O) groups is 1. The highest BCUT2D eigenvalue weighted by molar-refractivity contribution is 6.32. The molecule has 0 saturated heterocycles. The molecule has 0 bridgehead atoms. The molecule has 1 aromatic heterocycles. The van der Waals surface area contributed by atoms with Crippen LogP contribution in [0, 0.1) is 0 Å². The van der Waals surface area contributed by atoms with Crippen LogP contribution in [-0.4, -0.2) is 18.2 Å². The Morgan fingerprint density at radius 1 is 1.35 bits per heavy atom. The van der Waals surface area contributed by atoms with Crippen LogP contribution in [0.4, 0.5) is 0 Å². The quantitative estimate of drug-likeness (QED) is 0.909. The Balaban J connectivity index is 2.14. The summed E-state index contributed by atoms with van der Waals surface area (Å²) in [6.07, 6.45) is -0.464. The molecule has 5 nitrogen and oxygen atoms in total. The smallest absolute Gasteiger partial charge is 0.371 e. The summed E-state index contributed by atoms with van der Waals surface area (Å²) in [4.78, 5) is 10.8. The van der Waals surface area contributed by atoms with Crippen molar-refractivity contribution in [2.75, 3.05) is 7.11 Å². The van der Waals surface area contributed by atoms with Gasteiger partial charge in [-0.2, -0.15) is 0 Å². The second-order valence-electron chi connectivity index (χ2n) is 4.06.